The standard InChI is InChI=1S/C20H35N/c1-9-10-14(2)11-15-12-16(19(3,4)5)18(21)17(13-15)20(6,7)8/h12-14H,9-11,21H2,1-8H3. The van der Waals surface area contributed by atoms with Crippen LogP contribution in [0.15, 0.2) is 12.1 Å². The van der Waals surface area contributed by atoms with Crippen molar-refractivity contribution < 1.29 is 0 Å². The second-order valence-electron chi connectivity index (χ2n) is 8.70. The van der Waals surface area contributed by atoms with Crippen LogP contribution in [0.4, 0.5) is 5.69 Å². The van der Waals surface area contributed by atoms with Crippen molar-refractivity contribution in [2.75, 3.05) is 5.73 Å². The van der Waals surface area contributed by atoms with E-state index in [-0.39, 0.29) is 10.8 Å². The molecule has 1 atom stereocenters. The van der Waals surface area contributed by atoms with Gasteiger partial charge < -0.3 is 5.73 Å². The van der Waals surface area contributed by atoms with Gasteiger partial charge in [-0.2, -0.15) is 0 Å². The molecule has 0 heterocycles. The van der Waals surface area contributed by atoms with E-state index < -0.39 is 0 Å². The lowest BCUT2D eigenvalue weighted by molar-refractivity contribution is 0.518. The Morgan fingerprint density at radius 2 is 1.38 bits per heavy atom. The molecule has 0 radical (unpaired) electrons. The van der Waals surface area contributed by atoms with E-state index in [2.05, 4.69) is 67.5 Å². The third-order valence-electron chi connectivity index (χ3n) is 4.22. The molecule has 0 fully saturated rings. The Kier molecular flexibility index (Phi) is 5.52. The van der Waals surface area contributed by atoms with Crippen LogP contribution >= 0.6 is 0 Å². The summed E-state index contributed by atoms with van der Waals surface area (Å²) in [6.07, 6.45) is 3.70. The normalized spacial score (nSPS) is 14.3. The highest BCUT2D eigenvalue weighted by Gasteiger charge is 2.25. The lowest BCUT2D eigenvalue weighted by Gasteiger charge is -2.29. The summed E-state index contributed by atoms with van der Waals surface area (Å²) in [4.78, 5) is 0. The molecule has 0 saturated carbocycles. The summed E-state index contributed by atoms with van der Waals surface area (Å²) in [5.41, 5.74) is 11.7. The van der Waals surface area contributed by atoms with E-state index in [1.54, 1.807) is 0 Å². The number of hydrogen-bond acceptors (Lipinski definition) is 1. The molecule has 0 amide bonds. The van der Waals surface area contributed by atoms with Gasteiger partial charge in [-0.15, -0.1) is 0 Å². The van der Waals surface area contributed by atoms with Crippen LogP contribution in [0, 0.1) is 5.92 Å². The Morgan fingerprint density at radius 1 is 0.952 bits per heavy atom. The van der Waals surface area contributed by atoms with Crippen LogP contribution in [0.5, 0.6) is 0 Å². The summed E-state index contributed by atoms with van der Waals surface area (Å²) >= 11 is 0. The predicted molar refractivity (Wildman–Crippen MR) is 96.0 cm³/mol. The van der Waals surface area contributed by atoms with Gasteiger partial charge in [-0.25, -0.2) is 0 Å². The maximum Gasteiger partial charge on any atom is 0.0390 e. The average Bonchev–Trinajstić information content (AvgIpc) is 2.28. The average molecular weight is 290 g/mol. The number of hydrogen-bond donors (Lipinski definition) is 1. The number of benzene rings is 1. The molecule has 1 heteroatoms. The van der Waals surface area contributed by atoms with Gasteiger partial charge in [-0.3, -0.25) is 0 Å². The smallest absolute Gasteiger partial charge is 0.0390 e. The molecule has 21 heavy (non-hydrogen) atoms. The van der Waals surface area contributed by atoms with E-state index in [4.69, 9.17) is 5.73 Å². The van der Waals surface area contributed by atoms with Crippen LogP contribution in [0.3, 0.4) is 0 Å². The fourth-order valence-corrected chi connectivity index (χ4v) is 3.07. The summed E-state index contributed by atoms with van der Waals surface area (Å²) in [5, 5.41) is 0. The Hall–Kier alpha value is -0.980. The molecule has 0 aliphatic rings. The summed E-state index contributed by atoms with van der Waals surface area (Å²) in [6.45, 7) is 18.1. The van der Waals surface area contributed by atoms with Crippen LogP contribution in [0.2, 0.25) is 0 Å². The summed E-state index contributed by atoms with van der Waals surface area (Å²) < 4.78 is 0. The van der Waals surface area contributed by atoms with E-state index in [0.717, 1.165) is 18.0 Å². The highest BCUT2D eigenvalue weighted by molar-refractivity contribution is 5.60. The zero-order valence-corrected chi connectivity index (χ0v) is 15.4. The number of rotatable bonds is 4. The van der Waals surface area contributed by atoms with Gasteiger partial charge in [0.25, 0.3) is 0 Å². The quantitative estimate of drug-likeness (QED) is 0.692. The zero-order valence-electron chi connectivity index (χ0n) is 15.4. The van der Waals surface area contributed by atoms with Gasteiger partial charge in [-0.05, 0) is 39.9 Å². The van der Waals surface area contributed by atoms with Gasteiger partial charge in [0, 0.05) is 5.69 Å². The number of anilines is 1. The Morgan fingerprint density at radius 3 is 1.71 bits per heavy atom. The summed E-state index contributed by atoms with van der Waals surface area (Å²) in [7, 11) is 0. The lowest BCUT2D eigenvalue weighted by Crippen LogP contribution is -2.21. The van der Waals surface area contributed by atoms with Crippen molar-refractivity contribution in [3.63, 3.8) is 0 Å². The van der Waals surface area contributed by atoms with Crippen molar-refractivity contribution >= 4 is 5.69 Å². The first-order valence-electron chi connectivity index (χ1n) is 8.40. The molecular weight excluding hydrogens is 254 g/mol. The van der Waals surface area contributed by atoms with Crippen LogP contribution in [-0.2, 0) is 17.3 Å². The first-order valence-corrected chi connectivity index (χ1v) is 8.40. The maximum atomic E-state index is 6.51. The molecule has 0 bridgehead atoms. The molecular formula is C20H35N. The van der Waals surface area contributed by atoms with Crippen LogP contribution < -0.4 is 5.73 Å². The van der Waals surface area contributed by atoms with Gasteiger partial charge >= 0.3 is 0 Å². The molecule has 0 spiro atoms. The highest BCUT2D eigenvalue weighted by Crippen LogP contribution is 2.37. The molecule has 1 aromatic carbocycles. The minimum atomic E-state index is 0.0914. The first-order chi connectivity index (χ1) is 9.46. The van der Waals surface area contributed by atoms with Crippen LogP contribution in [0.1, 0.15) is 84.9 Å². The van der Waals surface area contributed by atoms with E-state index in [9.17, 15) is 0 Å². The second-order valence-corrected chi connectivity index (χ2v) is 8.70. The van der Waals surface area contributed by atoms with Gasteiger partial charge in [0.1, 0.15) is 0 Å². The SMILES string of the molecule is CCCC(C)Cc1cc(C(C)(C)C)c(N)c(C(C)(C)C)c1. The number of nitrogen functional groups attached to an aromatic ring is 1. The van der Waals surface area contributed by atoms with Crippen molar-refractivity contribution in [2.24, 2.45) is 5.92 Å². The largest absolute Gasteiger partial charge is 0.398 e. The Bertz CT molecular complexity index is 437. The topological polar surface area (TPSA) is 26.0 Å². The van der Waals surface area contributed by atoms with E-state index >= 15 is 0 Å². The van der Waals surface area contributed by atoms with E-state index in [0.29, 0.717) is 0 Å². The fraction of sp³-hybridized carbons (Fsp3) is 0.700. The third-order valence-corrected chi connectivity index (χ3v) is 4.22. The van der Waals surface area contributed by atoms with Crippen molar-refractivity contribution in [1.29, 1.82) is 0 Å². The molecule has 1 rings (SSSR count). The van der Waals surface area contributed by atoms with Gasteiger partial charge in [-0.1, -0.05) is 80.4 Å². The van der Waals surface area contributed by atoms with E-state index in [1.165, 1.54) is 29.5 Å². The number of nitrogens with two attached hydrogens (primary N) is 1. The van der Waals surface area contributed by atoms with Crippen molar-refractivity contribution in [1.82, 2.24) is 0 Å². The minimum absolute atomic E-state index is 0.0914. The fourth-order valence-electron chi connectivity index (χ4n) is 3.07. The molecule has 0 aliphatic carbocycles. The molecule has 120 valence electrons. The monoisotopic (exact) mass is 289 g/mol. The van der Waals surface area contributed by atoms with Gasteiger partial charge in [0.15, 0.2) is 0 Å². The second kappa shape index (κ2) is 6.42. The lowest BCUT2D eigenvalue weighted by atomic mass is 9.77. The van der Waals surface area contributed by atoms with Crippen molar-refractivity contribution in [2.45, 2.75) is 85.5 Å². The highest BCUT2D eigenvalue weighted by atomic mass is 14.6. The molecule has 0 saturated heterocycles. The molecule has 0 aliphatic heterocycles. The van der Waals surface area contributed by atoms with Crippen LogP contribution in [0.25, 0.3) is 0 Å². The molecule has 1 nitrogen and oxygen atoms in total. The minimum Gasteiger partial charge on any atom is -0.398 e. The molecule has 1 aromatic rings. The predicted octanol–water partition coefficient (Wildman–Crippen LogP) is 5.84. The van der Waals surface area contributed by atoms with Gasteiger partial charge in [0.05, 0.1) is 0 Å². The zero-order chi connectivity index (χ0) is 16.4. The molecule has 2 N–H and O–H groups in total. The summed E-state index contributed by atoms with van der Waals surface area (Å²) in [6, 6.07) is 4.69. The summed E-state index contributed by atoms with van der Waals surface area (Å²) in [5.74, 6) is 0.735. The van der Waals surface area contributed by atoms with Crippen LogP contribution in [-0.4, -0.2) is 0 Å². The third kappa shape index (κ3) is 4.76. The van der Waals surface area contributed by atoms with Crippen molar-refractivity contribution in [3.05, 3.63) is 28.8 Å². The van der Waals surface area contributed by atoms with E-state index in [1.807, 2.05) is 0 Å². The first kappa shape index (κ1) is 18.1. The maximum absolute atomic E-state index is 6.51. The Labute approximate surface area is 132 Å². The van der Waals surface area contributed by atoms with Crippen molar-refractivity contribution in [3.8, 4) is 0 Å². The molecule has 1 unspecified atom stereocenters. The Balaban J connectivity index is 3.34. The van der Waals surface area contributed by atoms with Gasteiger partial charge in [0.2, 0.25) is 0 Å². The molecule has 0 aromatic heterocycles.